The number of rotatable bonds is 4. The fourth-order valence-electron chi connectivity index (χ4n) is 4.31. The molecule has 2 aliphatic heterocycles. The summed E-state index contributed by atoms with van der Waals surface area (Å²) in [6, 6.07) is 22.0. The van der Waals surface area contributed by atoms with E-state index in [9.17, 15) is 9.59 Å². The highest BCUT2D eigenvalue weighted by atomic mass is 35.5. The molecule has 0 bridgehead atoms. The number of halogens is 2. The summed E-state index contributed by atoms with van der Waals surface area (Å²) in [5.74, 6) is -0.644. The molecular weight excluding hydrogens is 515 g/mol. The van der Waals surface area contributed by atoms with Crippen LogP contribution in [0.1, 0.15) is 35.6 Å². The van der Waals surface area contributed by atoms with Crippen molar-refractivity contribution in [3.8, 4) is 0 Å². The molecular formula is C27H22Cl2N4O2S. The number of amides is 2. The van der Waals surface area contributed by atoms with Crippen molar-refractivity contribution >= 4 is 63.3 Å². The summed E-state index contributed by atoms with van der Waals surface area (Å²) in [6.07, 6.45) is 0.616. The van der Waals surface area contributed by atoms with E-state index in [4.69, 9.17) is 33.7 Å². The first-order chi connectivity index (χ1) is 17.3. The van der Waals surface area contributed by atoms with Gasteiger partial charge in [-0.05, 0) is 54.4 Å². The number of carbonyl (C=O) groups is 2. The zero-order valence-corrected chi connectivity index (χ0v) is 21.6. The molecule has 0 aromatic heterocycles. The van der Waals surface area contributed by atoms with Gasteiger partial charge in [0, 0.05) is 22.9 Å². The summed E-state index contributed by atoms with van der Waals surface area (Å²) in [6.45, 7) is 2.03. The largest absolute Gasteiger partial charge is 0.277 e. The van der Waals surface area contributed by atoms with Gasteiger partial charge >= 0.3 is 0 Å². The third-order valence-electron chi connectivity index (χ3n) is 6.20. The summed E-state index contributed by atoms with van der Waals surface area (Å²) in [5.41, 5.74) is 4.44. The molecule has 0 aliphatic carbocycles. The maximum atomic E-state index is 13.1. The minimum atomic E-state index is -0.704. The van der Waals surface area contributed by atoms with E-state index < -0.39 is 5.25 Å². The predicted octanol–water partition coefficient (Wildman–Crippen LogP) is 6.45. The molecule has 1 N–H and O–H groups in total. The van der Waals surface area contributed by atoms with Crippen molar-refractivity contribution in [1.29, 1.82) is 5.41 Å². The van der Waals surface area contributed by atoms with Crippen LogP contribution in [0.2, 0.25) is 10.0 Å². The van der Waals surface area contributed by atoms with Crippen molar-refractivity contribution in [1.82, 2.24) is 5.01 Å². The molecule has 0 saturated carbocycles. The Kier molecular flexibility index (Phi) is 6.88. The molecule has 2 aliphatic rings. The fourth-order valence-corrected chi connectivity index (χ4v) is 5.54. The lowest BCUT2D eigenvalue weighted by Gasteiger charge is -2.24. The lowest BCUT2D eigenvalue weighted by atomic mass is 9.98. The van der Waals surface area contributed by atoms with Crippen LogP contribution in [-0.2, 0) is 9.59 Å². The van der Waals surface area contributed by atoms with E-state index in [1.807, 2.05) is 55.5 Å². The van der Waals surface area contributed by atoms with Crippen LogP contribution >= 0.6 is 35.0 Å². The molecule has 2 unspecified atom stereocenters. The van der Waals surface area contributed by atoms with Crippen LogP contribution in [0.4, 0.5) is 5.69 Å². The monoisotopic (exact) mass is 536 g/mol. The lowest BCUT2D eigenvalue weighted by molar-refractivity contribution is -0.121. The molecule has 2 heterocycles. The second-order valence-corrected chi connectivity index (χ2v) is 10.8. The molecule has 6 nitrogen and oxygen atoms in total. The van der Waals surface area contributed by atoms with Gasteiger partial charge in [0.05, 0.1) is 17.4 Å². The number of benzene rings is 3. The second kappa shape index (κ2) is 10.1. The van der Waals surface area contributed by atoms with Crippen molar-refractivity contribution in [3.05, 3.63) is 99.5 Å². The van der Waals surface area contributed by atoms with Crippen molar-refractivity contribution in [2.75, 3.05) is 4.90 Å². The number of aryl methyl sites for hydroxylation is 1. The number of nitrogens with one attached hydrogen (secondary N) is 1. The van der Waals surface area contributed by atoms with Gasteiger partial charge < -0.3 is 0 Å². The van der Waals surface area contributed by atoms with Crippen LogP contribution in [0.5, 0.6) is 0 Å². The van der Waals surface area contributed by atoms with Gasteiger partial charge in [0.25, 0.3) is 0 Å². The average molecular weight is 537 g/mol. The Balaban J connectivity index is 1.39. The number of hydrogen-bond donors (Lipinski definition) is 1. The first kappa shape index (κ1) is 24.6. The number of hydrogen-bond acceptors (Lipinski definition) is 5. The van der Waals surface area contributed by atoms with Gasteiger partial charge in [-0.2, -0.15) is 5.10 Å². The third kappa shape index (κ3) is 4.91. The molecule has 2 atom stereocenters. The predicted molar refractivity (Wildman–Crippen MR) is 146 cm³/mol. The molecule has 0 spiro atoms. The normalized spacial score (nSPS) is 19.7. The van der Waals surface area contributed by atoms with Crippen LogP contribution in [0.15, 0.2) is 77.9 Å². The first-order valence-corrected chi connectivity index (χ1v) is 13.0. The van der Waals surface area contributed by atoms with Crippen LogP contribution in [-0.4, -0.2) is 33.0 Å². The minimum Gasteiger partial charge on any atom is -0.277 e. The minimum absolute atomic E-state index is 0.0164. The molecule has 3 aromatic rings. The number of thioether (sulfide) groups is 1. The van der Waals surface area contributed by atoms with Crippen molar-refractivity contribution in [2.45, 2.75) is 31.1 Å². The highest BCUT2D eigenvalue weighted by molar-refractivity contribution is 8.14. The molecule has 36 heavy (non-hydrogen) atoms. The van der Waals surface area contributed by atoms with Crippen LogP contribution in [0.3, 0.4) is 0 Å². The summed E-state index contributed by atoms with van der Waals surface area (Å²) >= 11 is 13.1. The topological polar surface area (TPSA) is 76.8 Å². The van der Waals surface area contributed by atoms with Crippen molar-refractivity contribution < 1.29 is 9.59 Å². The molecule has 1 saturated heterocycles. The van der Waals surface area contributed by atoms with E-state index in [1.54, 1.807) is 29.3 Å². The number of nitrogens with zero attached hydrogens (tertiary/aromatic N) is 3. The maximum absolute atomic E-state index is 13.1. The standard InChI is InChI=1S/C27H22Cl2N4O2S/c1-16-2-4-17(5-3-16)22-14-23(18-6-8-19(28)9-7-18)33(31-22)27(30)36-24-15-25(34)32(26(24)35)21-12-10-20(29)11-13-21/h2-13,23-24,30H,14-15H2,1H3. The summed E-state index contributed by atoms with van der Waals surface area (Å²) in [4.78, 5) is 27.0. The molecule has 5 rings (SSSR count). The van der Waals surface area contributed by atoms with E-state index >= 15 is 0 Å². The Bertz CT molecular complexity index is 1360. The highest BCUT2D eigenvalue weighted by Gasteiger charge is 2.42. The van der Waals surface area contributed by atoms with Crippen LogP contribution in [0, 0.1) is 12.3 Å². The molecule has 2 amide bonds. The van der Waals surface area contributed by atoms with Gasteiger partial charge in [-0.3, -0.25) is 15.0 Å². The summed E-state index contributed by atoms with van der Waals surface area (Å²) in [7, 11) is 0. The van der Waals surface area contributed by atoms with E-state index in [0.717, 1.165) is 34.2 Å². The second-order valence-electron chi connectivity index (χ2n) is 8.69. The van der Waals surface area contributed by atoms with Crippen LogP contribution in [0.25, 0.3) is 0 Å². The number of imide groups is 1. The maximum Gasteiger partial charge on any atom is 0.247 e. The third-order valence-corrected chi connectivity index (χ3v) is 7.77. The van der Waals surface area contributed by atoms with Gasteiger partial charge in [-0.1, -0.05) is 76.9 Å². The molecule has 1 fully saturated rings. The molecule has 182 valence electrons. The van der Waals surface area contributed by atoms with Gasteiger partial charge in [0.15, 0.2) is 5.17 Å². The lowest BCUT2D eigenvalue weighted by Crippen LogP contribution is -2.32. The van der Waals surface area contributed by atoms with E-state index in [2.05, 4.69) is 0 Å². The quantitative estimate of drug-likeness (QED) is 0.236. The Morgan fingerprint density at radius 2 is 1.53 bits per heavy atom. The number of amidine groups is 1. The number of anilines is 1. The zero-order chi connectivity index (χ0) is 25.4. The Hall–Kier alpha value is -3.13. The summed E-state index contributed by atoms with van der Waals surface area (Å²) in [5, 5.41) is 15.9. The SMILES string of the molecule is Cc1ccc(C2=NN(C(=N)SC3CC(=O)N(c4ccc(Cl)cc4)C3=O)C(c3ccc(Cl)cc3)C2)cc1. The van der Waals surface area contributed by atoms with Gasteiger partial charge in [0.1, 0.15) is 5.25 Å². The smallest absolute Gasteiger partial charge is 0.247 e. The van der Waals surface area contributed by atoms with Crippen LogP contribution < -0.4 is 4.90 Å². The highest BCUT2D eigenvalue weighted by Crippen LogP contribution is 2.38. The van der Waals surface area contributed by atoms with E-state index in [-0.39, 0.29) is 29.4 Å². The van der Waals surface area contributed by atoms with Gasteiger partial charge in [-0.15, -0.1) is 0 Å². The van der Waals surface area contributed by atoms with E-state index in [0.29, 0.717) is 22.2 Å². The Morgan fingerprint density at radius 3 is 2.17 bits per heavy atom. The molecule has 9 heteroatoms. The number of hydrazone groups is 1. The van der Waals surface area contributed by atoms with Crippen molar-refractivity contribution in [3.63, 3.8) is 0 Å². The Morgan fingerprint density at radius 1 is 0.917 bits per heavy atom. The number of carbonyl (C=O) groups excluding carboxylic acids is 2. The average Bonchev–Trinajstić information content (AvgIpc) is 3.42. The first-order valence-electron chi connectivity index (χ1n) is 11.4. The fraction of sp³-hybridized carbons (Fsp3) is 0.185. The van der Waals surface area contributed by atoms with Gasteiger partial charge in [-0.25, -0.2) is 9.91 Å². The molecule has 3 aromatic carbocycles. The zero-order valence-electron chi connectivity index (χ0n) is 19.3. The van der Waals surface area contributed by atoms with E-state index in [1.165, 1.54) is 4.90 Å². The Labute approximate surface area is 223 Å². The molecule has 0 radical (unpaired) electrons. The van der Waals surface area contributed by atoms with Gasteiger partial charge in [0.2, 0.25) is 11.8 Å². The summed E-state index contributed by atoms with van der Waals surface area (Å²) < 4.78 is 0. The van der Waals surface area contributed by atoms with Crippen molar-refractivity contribution in [2.24, 2.45) is 5.10 Å².